The van der Waals surface area contributed by atoms with Gasteiger partial charge in [0.15, 0.2) is 4.36 Å². The van der Waals surface area contributed by atoms with Gasteiger partial charge in [0, 0.05) is 18.7 Å². The van der Waals surface area contributed by atoms with Crippen LogP contribution >= 0.6 is 11.6 Å². The maximum atomic E-state index is 12.2. The predicted molar refractivity (Wildman–Crippen MR) is 84.7 cm³/mol. The molecule has 4 nitrogen and oxygen atoms in total. The third kappa shape index (κ3) is 2.82. The number of likely N-dealkylation sites (tertiary alicyclic amines) is 1. The molecule has 0 bridgehead atoms. The van der Waals surface area contributed by atoms with Gasteiger partial charge >= 0.3 is 0 Å². The highest BCUT2D eigenvalue weighted by atomic mass is 35.5. The largest absolute Gasteiger partial charge is 0.381 e. The zero-order valence-corrected chi connectivity index (χ0v) is 13.4. The zero-order valence-electron chi connectivity index (χ0n) is 11.8. The molecule has 2 aliphatic heterocycles. The lowest BCUT2D eigenvalue weighted by atomic mass is 10.1. The maximum absolute atomic E-state index is 12.2. The number of nitrogens with zero attached hydrogens (tertiary/aromatic N) is 1. The molecule has 6 heteroatoms. The van der Waals surface area contributed by atoms with Crippen LogP contribution in [0, 0.1) is 0 Å². The van der Waals surface area contributed by atoms with Crippen molar-refractivity contribution in [2.45, 2.75) is 24.2 Å². The summed E-state index contributed by atoms with van der Waals surface area (Å²) in [5, 5.41) is 3.22. The normalized spacial score (nSPS) is 21.4. The smallest absolute Gasteiger partial charge is 0.220 e. The minimum Gasteiger partial charge on any atom is -0.381 e. The molecular formula is C15H19ClN2O2S. The minimum atomic E-state index is -3.52. The lowest BCUT2D eigenvalue weighted by Crippen LogP contribution is -2.35. The molecule has 1 aromatic carbocycles. The lowest BCUT2D eigenvalue weighted by Gasteiger charge is -2.26. The van der Waals surface area contributed by atoms with Gasteiger partial charge in [0.25, 0.3) is 0 Å². The SMILES string of the molecule is O=S1(=O)C(Cl)=C(NCCN2CCCCC2)c2ccccc21. The van der Waals surface area contributed by atoms with Crippen LogP contribution in [0.15, 0.2) is 33.5 Å². The molecule has 0 unspecified atom stereocenters. The Bertz CT molecular complexity index is 664. The summed E-state index contributed by atoms with van der Waals surface area (Å²) in [7, 11) is -3.52. The molecule has 3 rings (SSSR count). The first-order chi connectivity index (χ1) is 10.1. The first kappa shape index (κ1) is 14.9. The van der Waals surface area contributed by atoms with Gasteiger partial charge in [-0.15, -0.1) is 0 Å². The molecule has 2 aliphatic rings. The van der Waals surface area contributed by atoms with E-state index in [1.165, 1.54) is 19.3 Å². The van der Waals surface area contributed by atoms with Gasteiger partial charge in [-0.1, -0.05) is 36.2 Å². The van der Waals surface area contributed by atoms with Crippen LogP contribution in [-0.2, 0) is 9.84 Å². The van der Waals surface area contributed by atoms with Crippen molar-refractivity contribution in [2.75, 3.05) is 26.2 Å². The summed E-state index contributed by atoms with van der Waals surface area (Å²) >= 11 is 6.07. The third-order valence-corrected chi connectivity index (χ3v) is 6.47. The Morgan fingerprint density at radius 3 is 2.62 bits per heavy atom. The first-order valence-electron chi connectivity index (χ1n) is 7.31. The molecule has 1 aromatic rings. The molecule has 0 saturated carbocycles. The Morgan fingerprint density at radius 2 is 1.86 bits per heavy atom. The summed E-state index contributed by atoms with van der Waals surface area (Å²) in [6.45, 7) is 3.87. The summed E-state index contributed by atoms with van der Waals surface area (Å²) in [4.78, 5) is 2.70. The summed E-state index contributed by atoms with van der Waals surface area (Å²) < 4.78 is 24.4. The number of fused-ring (bicyclic) bond motifs is 1. The van der Waals surface area contributed by atoms with Gasteiger partial charge in [-0.25, -0.2) is 8.42 Å². The fourth-order valence-corrected chi connectivity index (χ4v) is 4.71. The van der Waals surface area contributed by atoms with E-state index in [1.54, 1.807) is 18.2 Å². The van der Waals surface area contributed by atoms with Crippen molar-refractivity contribution in [3.8, 4) is 0 Å². The highest BCUT2D eigenvalue weighted by Crippen LogP contribution is 2.39. The molecule has 2 heterocycles. The van der Waals surface area contributed by atoms with Gasteiger partial charge in [-0.2, -0.15) is 0 Å². The molecule has 0 atom stereocenters. The molecule has 1 saturated heterocycles. The van der Waals surface area contributed by atoms with Gasteiger partial charge in [-0.05, 0) is 32.0 Å². The number of halogens is 1. The first-order valence-corrected chi connectivity index (χ1v) is 9.17. The van der Waals surface area contributed by atoms with E-state index in [0.717, 1.165) is 19.6 Å². The number of rotatable bonds is 4. The Labute approximate surface area is 130 Å². The van der Waals surface area contributed by atoms with E-state index in [2.05, 4.69) is 10.2 Å². The van der Waals surface area contributed by atoms with Crippen molar-refractivity contribution in [1.29, 1.82) is 0 Å². The zero-order chi connectivity index (χ0) is 14.9. The second-order valence-electron chi connectivity index (χ2n) is 5.48. The van der Waals surface area contributed by atoms with Gasteiger partial charge < -0.3 is 10.2 Å². The molecule has 0 radical (unpaired) electrons. The maximum Gasteiger partial charge on any atom is 0.220 e. The summed E-state index contributed by atoms with van der Waals surface area (Å²) in [6.07, 6.45) is 3.81. The van der Waals surface area contributed by atoms with Crippen molar-refractivity contribution < 1.29 is 8.42 Å². The van der Waals surface area contributed by atoms with E-state index >= 15 is 0 Å². The number of piperidine rings is 1. The molecule has 0 spiro atoms. The van der Waals surface area contributed by atoms with Crippen molar-refractivity contribution in [1.82, 2.24) is 10.2 Å². The molecule has 0 aliphatic carbocycles. The standard InChI is InChI=1S/C15H19ClN2O2S/c16-15-14(17-8-11-18-9-4-1-5-10-18)12-6-2-3-7-13(12)21(15,19)20/h2-3,6-7,17H,1,4-5,8-11H2. The topological polar surface area (TPSA) is 49.4 Å². The number of benzene rings is 1. The van der Waals surface area contributed by atoms with E-state index in [1.807, 2.05) is 6.07 Å². The van der Waals surface area contributed by atoms with Gasteiger partial charge in [-0.3, -0.25) is 0 Å². The molecule has 114 valence electrons. The van der Waals surface area contributed by atoms with Gasteiger partial charge in [0.2, 0.25) is 9.84 Å². The Balaban J connectivity index is 1.71. The minimum absolute atomic E-state index is 0.0812. The van der Waals surface area contributed by atoms with Crippen LogP contribution in [0.4, 0.5) is 0 Å². The van der Waals surface area contributed by atoms with Crippen LogP contribution in [0.2, 0.25) is 0 Å². The van der Waals surface area contributed by atoms with E-state index in [-0.39, 0.29) is 4.36 Å². The summed E-state index contributed by atoms with van der Waals surface area (Å²) in [5.41, 5.74) is 1.23. The molecule has 0 aromatic heterocycles. The van der Waals surface area contributed by atoms with Gasteiger partial charge in [0.1, 0.15) is 0 Å². The van der Waals surface area contributed by atoms with Crippen molar-refractivity contribution in [3.63, 3.8) is 0 Å². The molecule has 1 fully saturated rings. The van der Waals surface area contributed by atoms with Crippen LogP contribution in [0.1, 0.15) is 24.8 Å². The van der Waals surface area contributed by atoms with Crippen LogP contribution in [0.5, 0.6) is 0 Å². The molecule has 0 amide bonds. The van der Waals surface area contributed by atoms with E-state index in [9.17, 15) is 8.42 Å². The van der Waals surface area contributed by atoms with Crippen LogP contribution in [0.3, 0.4) is 0 Å². The summed E-state index contributed by atoms with van der Waals surface area (Å²) in [6, 6.07) is 6.95. The second kappa shape index (κ2) is 5.99. The average Bonchev–Trinajstić information content (AvgIpc) is 2.70. The molecule has 1 N–H and O–H groups in total. The average molecular weight is 327 g/mol. The van der Waals surface area contributed by atoms with E-state index in [0.29, 0.717) is 22.7 Å². The highest BCUT2D eigenvalue weighted by Gasteiger charge is 2.34. The van der Waals surface area contributed by atoms with Gasteiger partial charge in [0.05, 0.1) is 10.6 Å². The molecule has 21 heavy (non-hydrogen) atoms. The Morgan fingerprint density at radius 1 is 1.14 bits per heavy atom. The fraction of sp³-hybridized carbons (Fsp3) is 0.467. The number of hydrogen-bond acceptors (Lipinski definition) is 4. The fourth-order valence-electron chi connectivity index (χ4n) is 2.93. The Kier molecular flexibility index (Phi) is 4.24. The number of hydrogen-bond donors (Lipinski definition) is 1. The Hall–Kier alpha value is -1.04. The highest BCUT2D eigenvalue weighted by molar-refractivity contribution is 7.97. The predicted octanol–water partition coefficient (Wildman–Crippen LogP) is 2.41. The monoisotopic (exact) mass is 326 g/mol. The quantitative estimate of drug-likeness (QED) is 0.923. The van der Waals surface area contributed by atoms with Crippen LogP contribution in [0.25, 0.3) is 5.70 Å². The van der Waals surface area contributed by atoms with E-state index < -0.39 is 9.84 Å². The van der Waals surface area contributed by atoms with Crippen molar-refractivity contribution in [2.24, 2.45) is 0 Å². The van der Waals surface area contributed by atoms with E-state index in [4.69, 9.17) is 11.6 Å². The van der Waals surface area contributed by atoms with Crippen molar-refractivity contribution in [3.05, 3.63) is 34.2 Å². The van der Waals surface area contributed by atoms with Crippen LogP contribution < -0.4 is 5.32 Å². The number of nitrogens with one attached hydrogen (secondary N) is 1. The molecular weight excluding hydrogens is 308 g/mol. The summed E-state index contributed by atoms with van der Waals surface area (Å²) in [5.74, 6) is 0. The lowest BCUT2D eigenvalue weighted by molar-refractivity contribution is 0.232. The van der Waals surface area contributed by atoms with Crippen molar-refractivity contribution >= 4 is 27.1 Å². The van der Waals surface area contributed by atoms with Crippen LogP contribution in [-0.4, -0.2) is 39.5 Å². The number of sulfone groups is 1. The third-order valence-electron chi connectivity index (χ3n) is 4.06. The second-order valence-corrected chi connectivity index (χ2v) is 7.93.